The van der Waals surface area contributed by atoms with Crippen molar-refractivity contribution in [2.75, 3.05) is 0 Å². The third-order valence-corrected chi connectivity index (χ3v) is 2.51. The number of carboxylic acid groups (broad SMARTS) is 1. The topological polar surface area (TPSA) is 50.4 Å². The van der Waals surface area contributed by atoms with Gasteiger partial charge in [-0.05, 0) is 24.3 Å². The van der Waals surface area contributed by atoms with Crippen LogP contribution in [0.15, 0.2) is 46.9 Å². The van der Waals surface area contributed by atoms with Crippen LogP contribution in [0, 0.1) is 0 Å². The molecule has 0 saturated heterocycles. The number of rotatable bonds is 3. The molecule has 20 heavy (non-hydrogen) atoms. The smallest absolute Gasteiger partial charge is 0.417 e. The number of furan rings is 1. The Morgan fingerprint density at radius 1 is 1.15 bits per heavy atom. The summed E-state index contributed by atoms with van der Waals surface area (Å²) >= 11 is 0. The van der Waals surface area contributed by atoms with Crippen LogP contribution < -0.4 is 0 Å². The Morgan fingerprint density at radius 3 is 2.50 bits per heavy atom. The molecule has 3 nitrogen and oxygen atoms in total. The minimum Gasteiger partial charge on any atom is -0.478 e. The van der Waals surface area contributed by atoms with Gasteiger partial charge in [-0.3, -0.25) is 0 Å². The third-order valence-electron chi connectivity index (χ3n) is 2.51. The molecule has 0 radical (unpaired) electrons. The van der Waals surface area contributed by atoms with E-state index in [2.05, 4.69) is 0 Å². The summed E-state index contributed by atoms with van der Waals surface area (Å²) in [4.78, 5) is 10.4. The first-order valence-corrected chi connectivity index (χ1v) is 5.55. The molecule has 0 aliphatic carbocycles. The molecule has 2 rings (SSSR count). The summed E-state index contributed by atoms with van der Waals surface area (Å²) in [6.45, 7) is 0. The fraction of sp³-hybridized carbons (Fsp3) is 0.0714. The first kappa shape index (κ1) is 13.9. The molecule has 1 N–H and O–H groups in total. The Morgan fingerprint density at radius 2 is 1.85 bits per heavy atom. The summed E-state index contributed by atoms with van der Waals surface area (Å²) in [5, 5.41) is 8.47. The second kappa shape index (κ2) is 5.24. The largest absolute Gasteiger partial charge is 0.478 e. The summed E-state index contributed by atoms with van der Waals surface area (Å²) in [6.07, 6.45) is -2.47. The minimum atomic E-state index is -4.49. The van der Waals surface area contributed by atoms with Crippen molar-refractivity contribution in [1.82, 2.24) is 0 Å². The van der Waals surface area contributed by atoms with E-state index in [4.69, 9.17) is 9.52 Å². The van der Waals surface area contributed by atoms with Crippen LogP contribution in [0.4, 0.5) is 13.2 Å². The maximum absolute atomic E-state index is 12.9. The Bertz CT molecular complexity index is 654. The van der Waals surface area contributed by atoms with Gasteiger partial charge in [-0.15, -0.1) is 0 Å². The molecule has 6 heteroatoms. The van der Waals surface area contributed by atoms with Gasteiger partial charge in [0.05, 0.1) is 5.56 Å². The second-order valence-corrected chi connectivity index (χ2v) is 3.92. The van der Waals surface area contributed by atoms with Gasteiger partial charge in [0.25, 0.3) is 0 Å². The van der Waals surface area contributed by atoms with Crippen LogP contribution in [0.2, 0.25) is 0 Å². The molecule has 1 aromatic carbocycles. The monoisotopic (exact) mass is 282 g/mol. The number of benzene rings is 1. The number of carbonyl (C=O) groups is 1. The van der Waals surface area contributed by atoms with Gasteiger partial charge < -0.3 is 9.52 Å². The van der Waals surface area contributed by atoms with E-state index in [9.17, 15) is 18.0 Å². The Labute approximate surface area is 112 Å². The summed E-state index contributed by atoms with van der Waals surface area (Å²) in [5.41, 5.74) is -0.891. The normalized spacial score (nSPS) is 11.9. The highest BCUT2D eigenvalue weighted by Gasteiger charge is 2.33. The van der Waals surface area contributed by atoms with E-state index in [0.717, 1.165) is 12.1 Å². The van der Waals surface area contributed by atoms with Crippen molar-refractivity contribution in [2.24, 2.45) is 0 Å². The highest BCUT2D eigenvalue weighted by atomic mass is 19.4. The minimum absolute atomic E-state index is 0.0305. The SMILES string of the molecule is O=C(O)/C=C\c1ccc(-c2ccccc2C(F)(F)F)o1. The van der Waals surface area contributed by atoms with E-state index in [1.54, 1.807) is 0 Å². The maximum atomic E-state index is 12.9. The highest BCUT2D eigenvalue weighted by molar-refractivity contribution is 5.84. The lowest BCUT2D eigenvalue weighted by atomic mass is 10.1. The lowest BCUT2D eigenvalue weighted by Crippen LogP contribution is -2.06. The highest BCUT2D eigenvalue weighted by Crippen LogP contribution is 2.37. The third kappa shape index (κ3) is 3.09. The Kier molecular flexibility index (Phi) is 3.65. The zero-order valence-corrected chi connectivity index (χ0v) is 10.0. The summed E-state index contributed by atoms with van der Waals surface area (Å²) in [7, 11) is 0. The van der Waals surface area contributed by atoms with Crippen LogP contribution in [0.1, 0.15) is 11.3 Å². The number of halogens is 3. The average Bonchev–Trinajstić information content (AvgIpc) is 2.84. The fourth-order valence-electron chi connectivity index (χ4n) is 1.69. The molecule has 0 saturated carbocycles. The molecule has 0 aliphatic rings. The lowest BCUT2D eigenvalue weighted by Gasteiger charge is -2.10. The molecular formula is C14H9F3O3. The number of alkyl halides is 3. The van der Waals surface area contributed by atoms with Crippen LogP contribution >= 0.6 is 0 Å². The van der Waals surface area contributed by atoms with Crippen molar-refractivity contribution >= 4 is 12.0 Å². The van der Waals surface area contributed by atoms with Gasteiger partial charge >= 0.3 is 12.1 Å². The van der Waals surface area contributed by atoms with Crippen LogP contribution in [-0.4, -0.2) is 11.1 Å². The van der Waals surface area contributed by atoms with Crippen LogP contribution in [0.25, 0.3) is 17.4 Å². The molecule has 1 aromatic heterocycles. The predicted octanol–water partition coefficient (Wildman–Crippen LogP) is 4.06. The zero-order chi connectivity index (χ0) is 14.8. The molecule has 2 aromatic rings. The zero-order valence-electron chi connectivity index (χ0n) is 10.0. The van der Waals surface area contributed by atoms with E-state index < -0.39 is 17.7 Å². The molecular weight excluding hydrogens is 273 g/mol. The van der Waals surface area contributed by atoms with Crippen molar-refractivity contribution in [3.8, 4) is 11.3 Å². The quantitative estimate of drug-likeness (QED) is 0.863. The second-order valence-electron chi connectivity index (χ2n) is 3.92. The van der Waals surface area contributed by atoms with Gasteiger partial charge in [-0.2, -0.15) is 13.2 Å². The Hall–Kier alpha value is -2.50. The number of hydrogen-bond donors (Lipinski definition) is 1. The lowest BCUT2D eigenvalue weighted by molar-refractivity contribution is -0.137. The first-order valence-electron chi connectivity index (χ1n) is 5.55. The van der Waals surface area contributed by atoms with Crippen LogP contribution in [0.3, 0.4) is 0 Å². The van der Waals surface area contributed by atoms with E-state index in [0.29, 0.717) is 0 Å². The van der Waals surface area contributed by atoms with E-state index in [1.807, 2.05) is 0 Å². The first-order chi connectivity index (χ1) is 9.38. The standard InChI is InChI=1S/C14H9F3O3/c15-14(16,17)11-4-2-1-3-10(11)12-7-5-9(20-12)6-8-13(18)19/h1-8H,(H,18,19)/b8-6-. The van der Waals surface area contributed by atoms with Gasteiger partial charge in [0.15, 0.2) is 0 Å². The van der Waals surface area contributed by atoms with Gasteiger partial charge in [-0.1, -0.05) is 18.2 Å². The van der Waals surface area contributed by atoms with Crippen LogP contribution in [-0.2, 0) is 11.0 Å². The van der Waals surface area contributed by atoms with Crippen molar-refractivity contribution in [3.05, 3.63) is 53.8 Å². The predicted molar refractivity (Wildman–Crippen MR) is 65.8 cm³/mol. The summed E-state index contributed by atoms with van der Waals surface area (Å²) < 4.78 is 43.8. The average molecular weight is 282 g/mol. The molecule has 0 amide bonds. The van der Waals surface area contributed by atoms with E-state index in [-0.39, 0.29) is 17.1 Å². The Balaban J connectivity index is 2.41. The molecule has 0 unspecified atom stereocenters. The molecule has 0 atom stereocenters. The van der Waals surface area contributed by atoms with E-state index in [1.165, 1.54) is 36.4 Å². The van der Waals surface area contributed by atoms with Gasteiger partial charge in [0.1, 0.15) is 11.5 Å². The van der Waals surface area contributed by atoms with Crippen molar-refractivity contribution in [2.45, 2.75) is 6.18 Å². The van der Waals surface area contributed by atoms with Gasteiger partial charge in [-0.25, -0.2) is 4.79 Å². The molecule has 0 fully saturated rings. The van der Waals surface area contributed by atoms with E-state index >= 15 is 0 Å². The molecule has 0 spiro atoms. The van der Waals surface area contributed by atoms with Crippen LogP contribution in [0.5, 0.6) is 0 Å². The number of aliphatic carboxylic acids is 1. The van der Waals surface area contributed by atoms with Gasteiger partial charge in [0.2, 0.25) is 0 Å². The number of hydrogen-bond acceptors (Lipinski definition) is 2. The molecule has 0 aliphatic heterocycles. The van der Waals surface area contributed by atoms with Gasteiger partial charge in [0, 0.05) is 11.6 Å². The summed E-state index contributed by atoms with van der Waals surface area (Å²) in [5.74, 6) is -0.971. The fourth-order valence-corrected chi connectivity index (χ4v) is 1.69. The van der Waals surface area contributed by atoms with Crippen molar-refractivity contribution in [3.63, 3.8) is 0 Å². The number of carboxylic acids is 1. The van der Waals surface area contributed by atoms with Crippen molar-refractivity contribution in [1.29, 1.82) is 0 Å². The molecule has 1 heterocycles. The molecule has 104 valence electrons. The molecule has 0 bridgehead atoms. The van der Waals surface area contributed by atoms with Crippen molar-refractivity contribution < 1.29 is 27.5 Å². The maximum Gasteiger partial charge on any atom is 0.417 e. The summed E-state index contributed by atoms with van der Waals surface area (Å²) in [6, 6.07) is 7.80.